The summed E-state index contributed by atoms with van der Waals surface area (Å²) in [6.07, 6.45) is 0.593. The van der Waals surface area contributed by atoms with E-state index in [0.717, 1.165) is 0 Å². The van der Waals surface area contributed by atoms with Gasteiger partial charge in [-0.25, -0.2) is 8.42 Å². The third-order valence-corrected chi connectivity index (χ3v) is 4.32. The molecule has 1 saturated heterocycles. The van der Waals surface area contributed by atoms with Crippen molar-refractivity contribution in [2.24, 2.45) is 0 Å². The highest BCUT2D eigenvalue weighted by atomic mass is 32.2. The summed E-state index contributed by atoms with van der Waals surface area (Å²) < 4.78 is 29.3. The molecule has 0 amide bonds. The quantitative estimate of drug-likeness (QED) is 0.718. The maximum absolute atomic E-state index is 11.7. The van der Waals surface area contributed by atoms with Crippen LogP contribution in [-0.4, -0.2) is 38.1 Å². The fourth-order valence-electron chi connectivity index (χ4n) is 1.76. The maximum atomic E-state index is 11.7. The van der Waals surface area contributed by atoms with Crippen molar-refractivity contribution in [3.63, 3.8) is 0 Å². The van der Waals surface area contributed by atoms with Gasteiger partial charge >= 0.3 is 7.32 Å². The second-order valence-corrected chi connectivity index (χ2v) is 5.70. The Balaban J connectivity index is 2.27. The number of benzene rings is 1. The second-order valence-electron chi connectivity index (χ2n) is 3.68. The van der Waals surface area contributed by atoms with Crippen molar-refractivity contribution >= 4 is 23.0 Å². The first-order valence-electron chi connectivity index (χ1n) is 5.12. The molecule has 0 radical (unpaired) electrons. The van der Waals surface area contributed by atoms with Crippen molar-refractivity contribution < 1.29 is 23.1 Å². The van der Waals surface area contributed by atoms with Crippen molar-refractivity contribution in [3.8, 4) is 5.75 Å². The molecule has 92 valence electrons. The summed E-state index contributed by atoms with van der Waals surface area (Å²) in [5, 5.41) is 17.3. The van der Waals surface area contributed by atoms with Gasteiger partial charge in [0.2, 0.25) is 10.0 Å². The first-order chi connectivity index (χ1) is 7.99. The van der Waals surface area contributed by atoms with E-state index in [-0.39, 0.29) is 11.5 Å². The Morgan fingerprint density at radius 1 is 1.35 bits per heavy atom. The molecule has 17 heavy (non-hydrogen) atoms. The van der Waals surface area contributed by atoms with Crippen LogP contribution < -0.4 is 8.96 Å². The van der Waals surface area contributed by atoms with E-state index in [1.807, 2.05) is 0 Å². The van der Waals surface area contributed by atoms with Crippen LogP contribution in [-0.2, 0) is 10.0 Å². The highest BCUT2D eigenvalue weighted by Gasteiger charge is 2.28. The summed E-state index contributed by atoms with van der Waals surface area (Å²) in [5.41, 5.74) is 0.473. The van der Waals surface area contributed by atoms with Crippen LogP contribution in [0.4, 0.5) is 5.69 Å². The molecule has 8 heteroatoms. The van der Waals surface area contributed by atoms with Crippen molar-refractivity contribution in [1.29, 1.82) is 0 Å². The highest BCUT2D eigenvalue weighted by Crippen LogP contribution is 2.27. The summed E-state index contributed by atoms with van der Waals surface area (Å²) in [6, 6.07) is 6.22. The smallest absolute Gasteiger partial charge is 0.512 e. The van der Waals surface area contributed by atoms with Gasteiger partial charge in [0, 0.05) is 12.6 Å². The van der Waals surface area contributed by atoms with Crippen molar-refractivity contribution in [3.05, 3.63) is 24.3 Å². The van der Waals surface area contributed by atoms with Gasteiger partial charge in [0.05, 0.1) is 11.4 Å². The van der Waals surface area contributed by atoms with Gasteiger partial charge in [-0.3, -0.25) is 4.31 Å². The Labute approximate surface area is 99.7 Å². The Hall–Kier alpha value is -1.25. The predicted molar refractivity (Wildman–Crippen MR) is 63.0 cm³/mol. The Bertz CT molecular complexity index is 504. The molecule has 0 unspecified atom stereocenters. The van der Waals surface area contributed by atoms with E-state index in [1.165, 1.54) is 16.4 Å². The molecule has 6 nitrogen and oxygen atoms in total. The normalized spacial score (nSPS) is 18.1. The van der Waals surface area contributed by atoms with Crippen LogP contribution >= 0.6 is 0 Å². The Morgan fingerprint density at radius 3 is 2.71 bits per heavy atom. The standard InChI is InChI=1S/C9H12BNO5S/c12-10(13)16-9-4-1-3-8(7-9)11-5-2-6-17(11,14)15/h1,3-4,7,12-13H,2,5-6H2. The van der Waals surface area contributed by atoms with Crippen LogP contribution in [0.2, 0.25) is 0 Å². The zero-order valence-corrected chi connectivity index (χ0v) is 9.80. The van der Waals surface area contributed by atoms with E-state index in [2.05, 4.69) is 4.65 Å². The average Bonchev–Trinajstić information content (AvgIpc) is 2.57. The highest BCUT2D eigenvalue weighted by molar-refractivity contribution is 7.93. The third kappa shape index (κ3) is 2.71. The summed E-state index contributed by atoms with van der Waals surface area (Å²) in [5.74, 6) is 0.348. The van der Waals surface area contributed by atoms with E-state index >= 15 is 0 Å². The van der Waals surface area contributed by atoms with Gasteiger partial charge in [-0.05, 0) is 18.6 Å². The van der Waals surface area contributed by atoms with Crippen molar-refractivity contribution in [2.75, 3.05) is 16.6 Å². The molecule has 1 aromatic carbocycles. The molecule has 0 saturated carbocycles. The Morgan fingerprint density at radius 2 is 2.12 bits per heavy atom. The largest absolute Gasteiger partial charge is 0.707 e. The molecule has 2 N–H and O–H groups in total. The molecule has 1 aromatic rings. The van der Waals surface area contributed by atoms with Gasteiger partial charge < -0.3 is 14.7 Å². The number of hydrogen-bond acceptors (Lipinski definition) is 5. The van der Waals surface area contributed by atoms with E-state index in [9.17, 15) is 8.42 Å². The molecule has 0 spiro atoms. The van der Waals surface area contributed by atoms with E-state index in [0.29, 0.717) is 18.7 Å². The molecule has 1 aliphatic rings. The van der Waals surface area contributed by atoms with Crippen molar-refractivity contribution in [2.45, 2.75) is 6.42 Å². The van der Waals surface area contributed by atoms with Crippen LogP contribution in [0.5, 0.6) is 5.75 Å². The average molecular weight is 257 g/mol. The SMILES string of the molecule is O=S1(=O)CCCN1c1cccc(OB(O)O)c1. The van der Waals surface area contributed by atoms with Gasteiger partial charge in [0.1, 0.15) is 5.75 Å². The minimum atomic E-state index is -3.23. The lowest BCUT2D eigenvalue weighted by Crippen LogP contribution is -2.25. The third-order valence-electron chi connectivity index (χ3n) is 2.45. The van der Waals surface area contributed by atoms with E-state index in [1.54, 1.807) is 12.1 Å². The minimum Gasteiger partial charge on any atom is -0.512 e. The lowest BCUT2D eigenvalue weighted by molar-refractivity contribution is 0.288. The number of anilines is 1. The van der Waals surface area contributed by atoms with Gasteiger partial charge in [-0.2, -0.15) is 0 Å². The van der Waals surface area contributed by atoms with Crippen LogP contribution in [0.25, 0.3) is 0 Å². The van der Waals surface area contributed by atoms with Gasteiger partial charge in [0.25, 0.3) is 0 Å². The molecular formula is C9H12BNO5S. The fraction of sp³-hybridized carbons (Fsp3) is 0.333. The number of hydrogen-bond donors (Lipinski definition) is 2. The molecular weight excluding hydrogens is 245 g/mol. The second kappa shape index (κ2) is 4.56. The number of sulfonamides is 1. The molecule has 2 rings (SSSR count). The first kappa shape index (κ1) is 12.2. The molecule has 0 bridgehead atoms. The van der Waals surface area contributed by atoms with Crippen LogP contribution in [0.3, 0.4) is 0 Å². The predicted octanol–water partition coefficient (Wildman–Crippen LogP) is -0.425. The molecule has 0 aromatic heterocycles. The van der Waals surface area contributed by atoms with E-state index < -0.39 is 17.3 Å². The molecule has 1 fully saturated rings. The Kier molecular flexibility index (Phi) is 3.27. The first-order valence-corrected chi connectivity index (χ1v) is 6.73. The molecule has 0 atom stereocenters. The van der Waals surface area contributed by atoms with Crippen molar-refractivity contribution in [1.82, 2.24) is 0 Å². The van der Waals surface area contributed by atoms with Gasteiger partial charge in [-0.15, -0.1) is 0 Å². The minimum absolute atomic E-state index is 0.140. The monoisotopic (exact) mass is 257 g/mol. The van der Waals surface area contributed by atoms with Gasteiger partial charge in [0.15, 0.2) is 0 Å². The maximum Gasteiger partial charge on any atom is 0.707 e. The lowest BCUT2D eigenvalue weighted by Gasteiger charge is -2.17. The lowest BCUT2D eigenvalue weighted by atomic mass is 10.2. The number of nitrogens with zero attached hydrogens (tertiary/aromatic N) is 1. The summed E-state index contributed by atoms with van der Waals surface area (Å²) in [4.78, 5) is 0. The zero-order chi connectivity index (χ0) is 12.5. The van der Waals surface area contributed by atoms with Crippen LogP contribution in [0.1, 0.15) is 6.42 Å². The summed E-state index contributed by atoms with van der Waals surface area (Å²) in [6.45, 7) is 0.438. The van der Waals surface area contributed by atoms with Crippen LogP contribution in [0, 0.1) is 0 Å². The molecule has 0 aliphatic carbocycles. The molecule has 1 heterocycles. The summed E-state index contributed by atoms with van der Waals surface area (Å²) in [7, 11) is -5.15. The van der Waals surface area contributed by atoms with Gasteiger partial charge in [-0.1, -0.05) is 6.07 Å². The fourth-order valence-corrected chi connectivity index (χ4v) is 3.32. The van der Waals surface area contributed by atoms with Crippen LogP contribution in [0.15, 0.2) is 24.3 Å². The topological polar surface area (TPSA) is 87.1 Å². The number of rotatable bonds is 3. The summed E-state index contributed by atoms with van der Waals surface area (Å²) >= 11 is 0. The molecule has 1 aliphatic heterocycles. The zero-order valence-electron chi connectivity index (χ0n) is 8.98. The van der Waals surface area contributed by atoms with E-state index in [4.69, 9.17) is 10.0 Å².